The Morgan fingerprint density at radius 1 is 1.09 bits per heavy atom. The van der Waals surface area contributed by atoms with Crippen LogP contribution >= 0.6 is 0 Å². The third-order valence-corrected chi connectivity index (χ3v) is 6.58. The van der Waals surface area contributed by atoms with Crippen molar-refractivity contribution in [2.45, 2.75) is 18.7 Å². The molecule has 32 heavy (non-hydrogen) atoms. The molecule has 4 rings (SSSR count). The smallest absolute Gasteiger partial charge is 0.316 e. The highest BCUT2D eigenvalue weighted by atomic mass is 32.2. The van der Waals surface area contributed by atoms with E-state index >= 15 is 0 Å². The molecule has 1 N–H and O–H groups in total. The molecule has 2 aromatic carbocycles. The maximum atomic E-state index is 13.4. The van der Waals surface area contributed by atoms with Gasteiger partial charge in [0.15, 0.2) is 0 Å². The van der Waals surface area contributed by atoms with Gasteiger partial charge in [0, 0.05) is 18.7 Å². The van der Waals surface area contributed by atoms with Gasteiger partial charge in [0.2, 0.25) is 5.82 Å². The molecule has 11 heteroatoms. The highest BCUT2D eigenvalue weighted by Gasteiger charge is 2.25. The van der Waals surface area contributed by atoms with Crippen molar-refractivity contribution < 1.29 is 26.9 Å². The molecule has 0 spiro atoms. The lowest BCUT2D eigenvalue weighted by atomic mass is 10.1. The van der Waals surface area contributed by atoms with Crippen LogP contribution in [0, 0.1) is 19.7 Å². The number of halogens is 1. The molecule has 1 aliphatic rings. The Morgan fingerprint density at radius 3 is 2.56 bits per heavy atom. The predicted molar refractivity (Wildman–Crippen MR) is 113 cm³/mol. The van der Waals surface area contributed by atoms with Gasteiger partial charge < -0.3 is 14.2 Å². The number of carbonyl (C=O) groups excluding carboxylic acids is 1. The number of aryl methyl sites for hydroxylation is 2. The van der Waals surface area contributed by atoms with Gasteiger partial charge in [0.25, 0.3) is 10.0 Å². The number of nitrogens with one attached hydrogen (secondary N) is 1. The number of hydrogen-bond donors (Lipinski definition) is 1. The first-order chi connectivity index (χ1) is 15.2. The van der Waals surface area contributed by atoms with Crippen LogP contribution in [0.15, 0.2) is 45.8 Å². The summed E-state index contributed by atoms with van der Waals surface area (Å²) in [6, 6.07) is 8.45. The standard InChI is InChI=1S/C21H21FN4O5S/c1-13-3-4-15(19-23-20(31-24-19)21(27)26-7-9-30-10-8-26)12-18(13)32(28,29)25-17-6-5-16(22)11-14(17)2/h3-6,11-12,25H,7-10H2,1-2H3. The quantitative estimate of drug-likeness (QED) is 0.623. The fourth-order valence-electron chi connectivity index (χ4n) is 3.30. The number of carbonyl (C=O) groups is 1. The molecule has 1 aromatic heterocycles. The van der Waals surface area contributed by atoms with Crippen molar-refractivity contribution in [3.8, 4) is 11.4 Å². The zero-order valence-corrected chi connectivity index (χ0v) is 18.3. The molecule has 9 nitrogen and oxygen atoms in total. The topological polar surface area (TPSA) is 115 Å². The Bertz CT molecular complexity index is 1270. The number of amides is 1. The minimum atomic E-state index is -3.98. The molecule has 1 aliphatic heterocycles. The highest BCUT2D eigenvalue weighted by molar-refractivity contribution is 7.92. The van der Waals surface area contributed by atoms with E-state index in [1.165, 1.54) is 24.3 Å². The maximum Gasteiger partial charge on any atom is 0.316 e. The van der Waals surface area contributed by atoms with Crippen molar-refractivity contribution in [2.75, 3.05) is 31.0 Å². The van der Waals surface area contributed by atoms with Crippen molar-refractivity contribution >= 4 is 21.6 Å². The van der Waals surface area contributed by atoms with E-state index in [1.54, 1.807) is 30.9 Å². The number of benzene rings is 2. The molecule has 0 saturated carbocycles. The Hall–Kier alpha value is -3.31. The lowest BCUT2D eigenvalue weighted by Gasteiger charge is -2.25. The van der Waals surface area contributed by atoms with Crippen LogP contribution in [0.2, 0.25) is 0 Å². The van der Waals surface area contributed by atoms with E-state index in [4.69, 9.17) is 9.26 Å². The minimum absolute atomic E-state index is 0.00424. The lowest BCUT2D eigenvalue weighted by Crippen LogP contribution is -2.40. The molecular weight excluding hydrogens is 439 g/mol. The summed E-state index contributed by atoms with van der Waals surface area (Å²) in [5.41, 5.74) is 1.59. The third kappa shape index (κ3) is 4.48. The van der Waals surface area contributed by atoms with Crippen LogP contribution in [-0.4, -0.2) is 55.7 Å². The Morgan fingerprint density at radius 2 is 1.84 bits per heavy atom. The number of nitrogens with zero attached hydrogens (tertiary/aromatic N) is 3. The predicted octanol–water partition coefficient (Wildman–Crippen LogP) is 2.77. The van der Waals surface area contributed by atoms with Gasteiger partial charge in [-0.15, -0.1) is 0 Å². The van der Waals surface area contributed by atoms with Crippen molar-refractivity contribution in [2.24, 2.45) is 0 Å². The van der Waals surface area contributed by atoms with Gasteiger partial charge >= 0.3 is 11.8 Å². The molecule has 0 unspecified atom stereocenters. The van der Waals surface area contributed by atoms with Gasteiger partial charge in [0.05, 0.1) is 23.8 Å². The van der Waals surface area contributed by atoms with Crippen molar-refractivity contribution in [3.05, 3.63) is 59.2 Å². The molecular formula is C21H21FN4O5S. The number of hydrogen-bond acceptors (Lipinski definition) is 7. The lowest BCUT2D eigenvalue weighted by molar-refractivity contribution is 0.0272. The molecule has 2 heterocycles. The van der Waals surface area contributed by atoms with Gasteiger partial charge in [0.1, 0.15) is 5.82 Å². The molecule has 3 aromatic rings. The summed E-state index contributed by atoms with van der Waals surface area (Å²) in [4.78, 5) is 18.2. The maximum absolute atomic E-state index is 13.4. The third-order valence-electron chi connectivity index (χ3n) is 5.08. The molecule has 0 aliphatic carbocycles. The van der Waals surface area contributed by atoms with E-state index in [0.29, 0.717) is 43.0 Å². The number of anilines is 1. The van der Waals surface area contributed by atoms with E-state index in [-0.39, 0.29) is 22.3 Å². The van der Waals surface area contributed by atoms with Crippen molar-refractivity contribution in [3.63, 3.8) is 0 Å². The number of morpholine rings is 1. The first kappa shape index (κ1) is 21.9. The monoisotopic (exact) mass is 460 g/mol. The second-order valence-corrected chi connectivity index (χ2v) is 9.02. The van der Waals surface area contributed by atoms with Crippen LogP contribution in [0.3, 0.4) is 0 Å². The van der Waals surface area contributed by atoms with E-state index in [1.807, 2.05) is 0 Å². The molecule has 1 fully saturated rings. The number of rotatable bonds is 5. The van der Waals surface area contributed by atoms with Crippen molar-refractivity contribution in [1.82, 2.24) is 15.0 Å². The second kappa shape index (κ2) is 8.67. The van der Waals surface area contributed by atoms with Gasteiger partial charge in [-0.05, 0) is 49.2 Å². The Balaban J connectivity index is 1.61. The minimum Gasteiger partial charge on any atom is -0.378 e. The summed E-state index contributed by atoms with van der Waals surface area (Å²) >= 11 is 0. The molecule has 168 valence electrons. The summed E-state index contributed by atoms with van der Waals surface area (Å²) < 4.78 is 52.2. The fraction of sp³-hybridized carbons (Fsp3) is 0.286. The second-order valence-electron chi connectivity index (χ2n) is 7.37. The van der Waals surface area contributed by atoms with E-state index in [0.717, 1.165) is 0 Å². The van der Waals surface area contributed by atoms with E-state index in [9.17, 15) is 17.6 Å². The van der Waals surface area contributed by atoms with Gasteiger partial charge in [-0.2, -0.15) is 4.98 Å². The Labute approximate surface area is 184 Å². The first-order valence-electron chi connectivity index (χ1n) is 9.85. The molecule has 0 atom stereocenters. The summed E-state index contributed by atoms with van der Waals surface area (Å²) in [7, 11) is -3.98. The number of ether oxygens (including phenoxy) is 1. The van der Waals surface area contributed by atoms with Gasteiger partial charge in [-0.25, -0.2) is 12.8 Å². The average molecular weight is 460 g/mol. The number of aromatic nitrogens is 2. The molecule has 0 bridgehead atoms. The zero-order valence-electron chi connectivity index (χ0n) is 17.5. The van der Waals surface area contributed by atoms with Crippen LogP contribution < -0.4 is 4.72 Å². The van der Waals surface area contributed by atoms with Crippen LogP contribution in [-0.2, 0) is 14.8 Å². The first-order valence-corrected chi connectivity index (χ1v) is 11.3. The van der Waals surface area contributed by atoms with Gasteiger partial charge in [-0.3, -0.25) is 9.52 Å². The zero-order chi connectivity index (χ0) is 22.9. The van der Waals surface area contributed by atoms with Crippen LogP contribution in [0.4, 0.5) is 10.1 Å². The average Bonchev–Trinajstić information content (AvgIpc) is 3.26. The summed E-state index contributed by atoms with van der Waals surface area (Å²) in [6.45, 7) is 4.99. The largest absolute Gasteiger partial charge is 0.378 e. The number of sulfonamides is 1. The van der Waals surface area contributed by atoms with E-state index in [2.05, 4.69) is 14.9 Å². The summed E-state index contributed by atoms with van der Waals surface area (Å²) in [5.74, 6) is -0.938. The summed E-state index contributed by atoms with van der Waals surface area (Å²) in [6.07, 6.45) is 0. The Kier molecular flexibility index (Phi) is 5.94. The highest BCUT2D eigenvalue weighted by Crippen LogP contribution is 2.26. The van der Waals surface area contributed by atoms with Gasteiger partial charge in [-0.1, -0.05) is 17.3 Å². The van der Waals surface area contributed by atoms with Crippen LogP contribution in [0.25, 0.3) is 11.4 Å². The van der Waals surface area contributed by atoms with Crippen LogP contribution in [0.5, 0.6) is 0 Å². The van der Waals surface area contributed by atoms with Crippen molar-refractivity contribution in [1.29, 1.82) is 0 Å². The SMILES string of the molecule is Cc1cc(F)ccc1NS(=O)(=O)c1cc(-c2noc(C(=O)N3CCOCC3)n2)ccc1C. The normalized spacial score (nSPS) is 14.4. The van der Waals surface area contributed by atoms with E-state index < -0.39 is 21.7 Å². The fourth-order valence-corrected chi connectivity index (χ4v) is 4.70. The van der Waals surface area contributed by atoms with Crippen LogP contribution in [0.1, 0.15) is 21.8 Å². The molecule has 1 saturated heterocycles. The molecule has 1 amide bonds. The summed E-state index contributed by atoms with van der Waals surface area (Å²) in [5, 5.41) is 3.84. The molecule has 0 radical (unpaired) electrons.